The average molecular weight is 391 g/mol. The van der Waals surface area contributed by atoms with E-state index in [1.54, 1.807) is 0 Å². The van der Waals surface area contributed by atoms with E-state index >= 15 is 0 Å². The number of nitrogens with zero attached hydrogens (tertiary/aromatic N) is 1. The topological polar surface area (TPSA) is 36.4 Å². The van der Waals surface area contributed by atoms with Crippen molar-refractivity contribution < 1.29 is 0 Å². The highest BCUT2D eigenvalue weighted by Crippen LogP contribution is 2.28. The first-order valence-electron chi connectivity index (χ1n) is 8.00. The van der Waals surface area contributed by atoms with Gasteiger partial charge in [0, 0.05) is 19.6 Å². The Labute approximate surface area is 141 Å². The zero-order valence-corrected chi connectivity index (χ0v) is 15.1. The van der Waals surface area contributed by atoms with Crippen LogP contribution in [0.2, 0.25) is 0 Å². The summed E-state index contributed by atoms with van der Waals surface area (Å²) in [5.74, 6) is 2.00. The van der Waals surface area contributed by atoms with Crippen LogP contribution in [0.25, 0.3) is 0 Å². The molecule has 3 nitrogen and oxygen atoms in total. The lowest BCUT2D eigenvalue weighted by Gasteiger charge is -2.17. The predicted octanol–water partition coefficient (Wildman–Crippen LogP) is 3.85. The summed E-state index contributed by atoms with van der Waals surface area (Å²) in [5, 5.41) is 6.91. The smallest absolute Gasteiger partial charge is 0.191 e. The van der Waals surface area contributed by atoms with Crippen LogP contribution in [0.15, 0.2) is 17.1 Å². The van der Waals surface area contributed by atoms with E-state index in [4.69, 9.17) is 0 Å². The third-order valence-electron chi connectivity index (χ3n) is 4.38. The molecule has 2 aliphatic carbocycles. The van der Waals surface area contributed by atoms with Gasteiger partial charge in [0.25, 0.3) is 0 Å². The molecule has 1 saturated carbocycles. The number of nitrogens with one attached hydrogen (secondary N) is 2. The molecule has 4 heteroatoms. The molecule has 0 aromatic rings. The summed E-state index contributed by atoms with van der Waals surface area (Å²) in [4.78, 5) is 4.29. The summed E-state index contributed by atoms with van der Waals surface area (Å²) in [6.07, 6.45) is 16.7. The zero-order chi connectivity index (χ0) is 13.3. The molecule has 0 aliphatic heterocycles. The maximum absolute atomic E-state index is 4.29. The van der Waals surface area contributed by atoms with Gasteiger partial charge in [-0.25, -0.2) is 0 Å². The standard InChI is InChI=1S/C16H29N3.HI/c1-17-16(19-15-11-4-5-12-15)18-13-7-6-10-14-8-2-3-9-14;/h4-5,14-15H,2-3,6-13H2,1H3,(H2,17,18,19);1H. The van der Waals surface area contributed by atoms with Gasteiger partial charge < -0.3 is 10.6 Å². The summed E-state index contributed by atoms with van der Waals surface area (Å²) in [6.45, 7) is 1.05. The minimum absolute atomic E-state index is 0. The molecule has 2 N–H and O–H groups in total. The second-order valence-corrected chi connectivity index (χ2v) is 5.93. The predicted molar refractivity (Wildman–Crippen MR) is 97.9 cm³/mol. The Bertz CT molecular complexity index is 301. The molecule has 0 heterocycles. The summed E-state index contributed by atoms with van der Waals surface area (Å²) in [7, 11) is 1.86. The molecule has 0 saturated heterocycles. The molecule has 0 atom stereocenters. The van der Waals surface area contributed by atoms with Crippen molar-refractivity contribution in [1.29, 1.82) is 0 Å². The van der Waals surface area contributed by atoms with Gasteiger partial charge in [-0.15, -0.1) is 24.0 Å². The number of rotatable bonds is 6. The Morgan fingerprint density at radius 2 is 1.85 bits per heavy atom. The van der Waals surface area contributed by atoms with Gasteiger partial charge >= 0.3 is 0 Å². The van der Waals surface area contributed by atoms with Crippen molar-refractivity contribution in [3.8, 4) is 0 Å². The summed E-state index contributed by atoms with van der Waals surface area (Å²) < 4.78 is 0. The van der Waals surface area contributed by atoms with Crippen molar-refractivity contribution in [3.05, 3.63) is 12.2 Å². The normalized spacial score (nSPS) is 20.1. The van der Waals surface area contributed by atoms with Crippen molar-refractivity contribution in [2.75, 3.05) is 13.6 Å². The first-order chi connectivity index (χ1) is 9.38. The molecule has 0 aromatic heterocycles. The third-order valence-corrected chi connectivity index (χ3v) is 4.38. The number of hydrogen-bond donors (Lipinski definition) is 2. The van der Waals surface area contributed by atoms with E-state index in [9.17, 15) is 0 Å². The molecule has 2 aliphatic rings. The second-order valence-electron chi connectivity index (χ2n) is 5.93. The molecule has 20 heavy (non-hydrogen) atoms. The molecule has 0 amide bonds. The van der Waals surface area contributed by atoms with Crippen LogP contribution in [-0.2, 0) is 0 Å². The Morgan fingerprint density at radius 1 is 1.15 bits per heavy atom. The molecule has 2 rings (SSSR count). The largest absolute Gasteiger partial charge is 0.356 e. The van der Waals surface area contributed by atoms with Gasteiger partial charge in [0.15, 0.2) is 5.96 Å². The minimum Gasteiger partial charge on any atom is -0.356 e. The van der Waals surface area contributed by atoms with E-state index in [1.807, 2.05) is 7.05 Å². The SMILES string of the molecule is CN=C(NCCCCC1CCCC1)NC1CC=CC1.I. The lowest BCUT2D eigenvalue weighted by Crippen LogP contribution is -2.42. The van der Waals surface area contributed by atoms with Gasteiger partial charge in [0.05, 0.1) is 0 Å². The molecule has 0 unspecified atom stereocenters. The van der Waals surface area contributed by atoms with Gasteiger partial charge in [-0.2, -0.15) is 0 Å². The molecule has 0 spiro atoms. The monoisotopic (exact) mass is 391 g/mol. The van der Waals surface area contributed by atoms with Crippen LogP contribution in [0.3, 0.4) is 0 Å². The lowest BCUT2D eigenvalue weighted by molar-refractivity contribution is 0.472. The highest BCUT2D eigenvalue weighted by molar-refractivity contribution is 14.0. The molecular formula is C16H30IN3. The van der Waals surface area contributed by atoms with Crippen LogP contribution >= 0.6 is 24.0 Å². The molecule has 1 fully saturated rings. The Balaban J connectivity index is 0.00000200. The zero-order valence-electron chi connectivity index (χ0n) is 12.7. The van der Waals surface area contributed by atoms with Crippen molar-refractivity contribution in [2.24, 2.45) is 10.9 Å². The highest BCUT2D eigenvalue weighted by atomic mass is 127. The average Bonchev–Trinajstić information content (AvgIpc) is 3.10. The van der Waals surface area contributed by atoms with E-state index in [1.165, 1.54) is 44.9 Å². The molecule has 0 radical (unpaired) electrons. The van der Waals surface area contributed by atoms with Crippen LogP contribution in [0.1, 0.15) is 57.8 Å². The maximum Gasteiger partial charge on any atom is 0.191 e. The lowest BCUT2D eigenvalue weighted by atomic mass is 10.0. The van der Waals surface area contributed by atoms with Gasteiger partial charge in [-0.05, 0) is 25.2 Å². The number of halogens is 1. The number of unbranched alkanes of at least 4 members (excludes halogenated alkanes) is 1. The van der Waals surface area contributed by atoms with E-state index in [2.05, 4.69) is 27.8 Å². The van der Waals surface area contributed by atoms with Gasteiger partial charge in [-0.1, -0.05) is 50.7 Å². The van der Waals surface area contributed by atoms with E-state index < -0.39 is 0 Å². The van der Waals surface area contributed by atoms with Crippen LogP contribution in [0, 0.1) is 5.92 Å². The maximum atomic E-state index is 4.29. The van der Waals surface area contributed by atoms with Crippen molar-refractivity contribution in [3.63, 3.8) is 0 Å². The Morgan fingerprint density at radius 3 is 2.50 bits per heavy atom. The summed E-state index contributed by atoms with van der Waals surface area (Å²) in [5.41, 5.74) is 0. The molecule has 0 bridgehead atoms. The van der Waals surface area contributed by atoms with Gasteiger partial charge in [-0.3, -0.25) is 4.99 Å². The third kappa shape index (κ3) is 6.46. The van der Waals surface area contributed by atoms with Gasteiger partial charge in [0.1, 0.15) is 0 Å². The first-order valence-corrected chi connectivity index (χ1v) is 8.00. The van der Waals surface area contributed by atoms with Crippen LogP contribution < -0.4 is 10.6 Å². The summed E-state index contributed by atoms with van der Waals surface area (Å²) >= 11 is 0. The second kappa shape index (κ2) is 10.5. The highest BCUT2D eigenvalue weighted by Gasteiger charge is 2.14. The number of hydrogen-bond acceptors (Lipinski definition) is 1. The van der Waals surface area contributed by atoms with E-state index in [-0.39, 0.29) is 24.0 Å². The van der Waals surface area contributed by atoms with Crippen LogP contribution in [0.5, 0.6) is 0 Å². The van der Waals surface area contributed by atoms with E-state index in [0.29, 0.717) is 6.04 Å². The summed E-state index contributed by atoms with van der Waals surface area (Å²) in [6, 6.07) is 0.546. The quantitative estimate of drug-likeness (QED) is 0.237. The van der Waals surface area contributed by atoms with Crippen LogP contribution in [0.4, 0.5) is 0 Å². The minimum atomic E-state index is 0. The molecular weight excluding hydrogens is 361 g/mol. The Kier molecular flexibility index (Phi) is 9.31. The first kappa shape index (κ1) is 17.8. The molecule has 0 aromatic carbocycles. The molecule has 116 valence electrons. The van der Waals surface area contributed by atoms with E-state index in [0.717, 1.165) is 31.3 Å². The Hall–Kier alpha value is -0.260. The van der Waals surface area contributed by atoms with Crippen molar-refractivity contribution in [2.45, 2.75) is 63.8 Å². The fraction of sp³-hybridized carbons (Fsp3) is 0.812. The van der Waals surface area contributed by atoms with Gasteiger partial charge in [0.2, 0.25) is 0 Å². The fourth-order valence-corrected chi connectivity index (χ4v) is 3.19. The fourth-order valence-electron chi connectivity index (χ4n) is 3.19. The number of guanidine groups is 1. The van der Waals surface area contributed by atoms with Crippen molar-refractivity contribution >= 4 is 29.9 Å². The number of aliphatic imine (C=N–C) groups is 1. The van der Waals surface area contributed by atoms with Crippen LogP contribution in [-0.4, -0.2) is 25.6 Å². The van der Waals surface area contributed by atoms with Crippen molar-refractivity contribution in [1.82, 2.24) is 10.6 Å².